The average molecular weight is 431 g/mol. The minimum absolute atomic E-state index is 0.0372. The Hall–Kier alpha value is -2.45. The molecular formula is C20H23ClN6OS. The summed E-state index contributed by atoms with van der Waals surface area (Å²) in [6.45, 7) is 6.75. The van der Waals surface area contributed by atoms with Gasteiger partial charge in [0, 0.05) is 42.3 Å². The van der Waals surface area contributed by atoms with Crippen LogP contribution in [0.1, 0.15) is 29.9 Å². The molecule has 29 heavy (non-hydrogen) atoms. The molecule has 1 fully saturated rings. The van der Waals surface area contributed by atoms with Crippen molar-refractivity contribution < 1.29 is 4.79 Å². The number of rotatable bonds is 6. The quantitative estimate of drug-likeness (QED) is 0.645. The number of hydrogen-bond donors (Lipinski definition) is 1. The first kappa shape index (κ1) is 19.8. The highest BCUT2D eigenvalue weighted by molar-refractivity contribution is 7.17. The lowest BCUT2D eigenvalue weighted by molar-refractivity contribution is 0.0944. The van der Waals surface area contributed by atoms with Gasteiger partial charge in [-0.05, 0) is 36.6 Å². The van der Waals surface area contributed by atoms with Gasteiger partial charge >= 0.3 is 0 Å². The second-order valence-electron chi connectivity index (χ2n) is 7.63. The Bertz CT molecular complexity index is 983. The van der Waals surface area contributed by atoms with Crippen molar-refractivity contribution in [2.75, 3.05) is 18.0 Å². The predicted octanol–water partition coefficient (Wildman–Crippen LogP) is 3.72. The molecule has 1 unspecified atom stereocenters. The van der Waals surface area contributed by atoms with Crippen LogP contribution in [0.3, 0.4) is 0 Å². The number of anilines is 1. The Morgan fingerprint density at radius 2 is 2.17 bits per heavy atom. The molecule has 1 atom stereocenters. The van der Waals surface area contributed by atoms with Gasteiger partial charge in [-0.25, -0.2) is 0 Å². The highest BCUT2D eigenvalue weighted by Gasteiger charge is 2.26. The fourth-order valence-corrected chi connectivity index (χ4v) is 4.38. The van der Waals surface area contributed by atoms with Gasteiger partial charge in [0.25, 0.3) is 5.91 Å². The van der Waals surface area contributed by atoms with Gasteiger partial charge in [0.2, 0.25) is 0 Å². The molecule has 9 heteroatoms. The number of aromatic nitrogens is 4. The second-order valence-corrected chi connectivity index (χ2v) is 9.10. The molecule has 0 aliphatic carbocycles. The van der Waals surface area contributed by atoms with Gasteiger partial charge in [0.15, 0.2) is 11.0 Å². The SMILES string of the molecule is CC(C)Cn1cc(-c2ccc(C(=O)NC3CCN(c4ccc(Cl)nn4)C3)s2)cn1. The van der Waals surface area contributed by atoms with E-state index in [4.69, 9.17) is 11.6 Å². The molecule has 0 radical (unpaired) electrons. The third kappa shape index (κ3) is 4.76. The normalized spacial score (nSPS) is 16.6. The summed E-state index contributed by atoms with van der Waals surface area (Å²) in [5.41, 5.74) is 1.04. The third-order valence-electron chi connectivity index (χ3n) is 4.77. The van der Waals surface area contributed by atoms with Crippen LogP contribution in [-0.2, 0) is 6.54 Å². The second kappa shape index (κ2) is 8.51. The average Bonchev–Trinajstić information content (AvgIpc) is 3.42. The van der Waals surface area contributed by atoms with Crippen LogP contribution in [0, 0.1) is 5.92 Å². The highest BCUT2D eigenvalue weighted by Crippen LogP contribution is 2.28. The van der Waals surface area contributed by atoms with Crippen molar-refractivity contribution >= 4 is 34.7 Å². The third-order valence-corrected chi connectivity index (χ3v) is 6.10. The van der Waals surface area contributed by atoms with Crippen molar-refractivity contribution in [3.05, 3.63) is 46.7 Å². The molecule has 0 spiro atoms. The lowest BCUT2D eigenvalue weighted by atomic mass is 10.2. The molecule has 1 N–H and O–H groups in total. The van der Waals surface area contributed by atoms with Crippen molar-refractivity contribution in [3.63, 3.8) is 0 Å². The maximum absolute atomic E-state index is 12.7. The Labute approximate surface area is 178 Å². The van der Waals surface area contributed by atoms with Crippen LogP contribution in [0.15, 0.2) is 36.7 Å². The van der Waals surface area contributed by atoms with E-state index in [9.17, 15) is 4.79 Å². The van der Waals surface area contributed by atoms with Crippen LogP contribution in [0.25, 0.3) is 10.4 Å². The van der Waals surface area contributed by atoms with E-state index in [0.29, 0.717) is 22.5 Å². The molecule has 0 bridgehead atoms. The summed E-state index contributed by atoms with van der Waals surface area (Å²) < 4.78 is 1.95. The molecule has 0 saturated carbocycles. The largest absolute Gasteiger partial charge is 0.353 e. The zero-order valence-corrected chi connectivity index (χ0v) is 18.0. The Kier molecular flexibility index (Phi) is 5.82. The fraction of sp³-hybridized carbons (Fsp3) is 0.400. The Morgan fingerprint density at radius 3 is 2.93 bits per heavy atom. The van der Waals surface area contributed by atoms with Crippen LogP contribution in [0.5, 0.6) is 0 Å². The van der Waals surface area contributed by atoms with Crippen molar-refractivity contribution in [2.45, 2.75) is 32.9 Å². The summed E-state index contributed by atoms with van der Waals surface area (Å²) in [5, 5.41) is 15.9. The number of thiophene rings is 1. The maximum atomic E-state index is 12.7. The summed E-state index contributed by atoms with van der Waals surface area (Å²) in [7, 11) is 0. The van der Waals surface area contributed by atoms with Crippen molar-refractivity contribution in [1.82, 2.24) is 25.3 Å². The molecule has 4 rings (SSSR count). The predicted molar refractivity (Wildman–Crippen MR) is 116 cm³/mol. The molecule has 4 heterocycles. The molecule has 3 aromatic heterocycles. The van der Waals surface area contributed by atoms with Gasteiger partial charge in [0.05, 0.1) is 11.1 Å². The summed E-state index contributed by atoms with van der Waals surface area (Å²) >= 11 is 7.29. The van der Waals surface area contributed by atoms with Crippen LogP contribution in [0.2, 0.25) is 5.15 Å². The van der Waals surface area contributed by atoms with Crippen molar-refractivity contribution in [1.29, 1.82) is 0 Å². The number of halogens is 1. The fourth-order valence-electron chi connectivity index (χ4n) is 3.40. The summed E-state index contributed by atoms with van der Waals surface area (Å²) in [6, 6.07) is 7.53. The highest BCUT2D eigenvalue weighted by atomic mass is 35.5. The van der Waals surface area contributed by atoms with E-state index >= 15 is 0 Å². The van der Waals surface area contributed by atoms with Crippen LogP contribution < -0.4 is 10.2 Å². The van der Waals surface area contributed by atoms with Gasteiger partial charge in [-0.15, -0.1) is 21.5 Å². The smallest absolute Gasteiger partial charge is 0.261 e. The molecular weight excluding hydrogens is 408 g/mol. The Morgan fingerprint density at radius 1 is 1.31 bits per heavy atom. The zero-order valence-electron chi connectivity index (χ0n) is 16.4. The molecule has 7 nitrogen and oxygen atoms in total. The molecule has 0 aromatic carbocycles. The number of nitrogens with zero attached hydrogens (tertiary/aromatic N) is 5. The van der Waals surface area contributed by atoms with Gasteiger partial charge in [-0.1, -0.05) is 25.4 Å². The number of nitrogens with one attached hydrogen (secondary N) is 1. The van der Waals surface area contributed by atoms with Gasteiger partial charge < -0.3 is 10.2 Å². The summed E-state index contributed by atoms with van der Waals surface area (Å²) in [5.74, 6) is 1.28. The molecule has 1 aliphatic rings. The first-order valence-corrected chi connectivity index (χ1v) is 10.8. The van der Waals surface area contributed by atoms with E-state index in [0.717, 1.165) is 35.8 Å². The molecule has 1 aliphatic heterocycles. The van der Waals surface area contributed by atoms with E-state index in [1.165, 1.54) is 11.3 Å². The Balaban J connectivity index is 1.36. The minimum atomic E-state index is -0.0372. The topological polar surface area (TPSA) is 75.9 Å². The van der Waals surface area contributed by atoms with E-state index in [-0.39, 0.29) is 11.9 Å². The van der Waals surface area contributed by atoms with Crippen LogP contribution in [-0.4, -0.2) is 45.0 Å². The minimum Gasteiger partial charge on any atom is -0.353 e. The van der Waals surface area contributed by atoms with Crippen molar-refractivity contribution in [3.8, 4) is 10.4 Å². The number of amides is 1. The van der Waals surface area contributed by atoms with Crippen molar-refractivity contribution in [2.24, 2.45) is 5.92 Å². The zero-order chi connectivity index (χ0) is 20.4. The summed E-state index contributed by atoms with van der Waals surface area (Å²) in [6.07, 6.45) is 4.77. The standard InChI is InChI=1S/C20H23ClN6OS/c1-13(2)10-27-11-14(9-22-27)16-3-4-17(29-16)20(28)23-15-7-8-26(12-15)19-6-5-18(21)24-25-19/h3-6,9,11,13,15H,7-8,10,12H2,1-2H3,(H,23,28). The van der Waals surface area contributed by atoms with E-state index in [2.05, 4.69) is 39.4 Å². The lowest BCUT2D eigenvalue weighted by Crippen LogP contribution is -2.36. The monoisotopic (exact) mass is 430 g/mol. The number of hydrogen-bond acceptors (Lipinski definition) is 6. The van der Waals surface area contributed by atoms with Gasteiger partial charge in [-0.2, -0.15) is 5.10 Å². The number of carbonyl (C=O) groups is 1. The molecule has 152 valence electrons. The van der Waals surface area contributed by atoms with Gasteiger partial charge in [0.1, 0.15) is 0 Å². The van der Waals surface area contributed by atoms with Crippen LogP contribution >= 0.6 is 22.9 Å². The molecule has 3 aromatic rings. The summed E-state index contributed by atoms with van der Waals surface area (Å²) in [4.78, 5) is 16.6. The van der Waals surface area contributed by atoms with E-state index in [1.54, 1.807) is 6.07 Å². The lowest BCUT2D eigenvalue weighted by Gasteiger charge is -2.17. The number of carbonyl (C=O) groups excluding carboxylic acids is 1. The maximum Gasteiger partial charge on any atom is 0.261 e. The van der Waals surface area contributed by atoms with Gasteiger partial charge in [-0.3, -0.25) is 9.48 Å². The molecule has 1 amide bonds. The van der Waals surface area contributed by atoms with Crippen LogP contribution in [0.4, 0.5) is 5.82 Å². The van der Waals surface area contributed by atoms with E-state index in [1.807, 2.05) is 35.3 Å². The molecule has 1 saturated heterocycles. The first-order chi connectivity index (χ1) is 14.0. The first-order valence-electron chi connectivity index (χ1n) is 9.65. The van der Waals surface area contributed by atoms with E-state index < -0.39 is 0 Å².